The van der Waals surface area contributed by atoms with Gasteiger partial charge in [0, 0.05) is 1.37 Å². The molecule has 1 aliphatic rings. The van der Waals surface area contributed by atoms with Crippen LogP contribution in [-0.4, -0.2) is 30.8 Å². The van der Waals surface area contributed by atoms with Gasteiger partial charge in [-0.05, 0) is 33.1 Å². The van der Waals surface area contributed by atoms with Crippen molar-refractivity contribution in [3.05, 3.63) is 0 Å². The van der Waals surface area contributed by atoms with E-state index in [1.165, 1.54) is 7.11 Å². The van der Waals surface area contributed by atoms with E-state index in [1.54, 1.807) is 20.8 Å². The van der Waals surface area contributed by atoms with Crippen LogP contribution in [0, 0.1) is 5.89 Å². The molecule has 0 aliphatic heterocycles. The molecule has 0 heterocycles. The summed E-state index contributed by atoms with van der Waals surface area (Å²) in [6.07, 6.45) is 3.08. The Labute approximate surface area is 116 Å². The molecule has 1 aliphatic carbocycles. The first-order valence-electron chi connectivity index (χ1n) is 7.23. The number of ether oxygens (including phenoxy) is 2. The summed E-state index contributed by atoms with van der Waals surface area (Å²) in [6.45, 7) is 5.26. The first-order valence-corrected chi connectivity index (χ1v) is 6.73. The lowest BCUT2D eigenvalue weighted by Crippen LogP contribution is -2.44. The molecule has 1 rings (SSSR count). The van der Waals surface area contributed by atoms with Gasteiger partial charge in [-0.15, -0.1) is 0 Å². The van der Waals surface area contributed by atoms with Gasteiger partial charge in [0.25, 0.3) is 0 Å². The highest BCUT2D eigenvalue weighted by Gasteiger charge is 2.28. The molecule has 5 nitrogen and oxygen atoms in total. The monoisotopic (exact) mass is 272 g/mol. The second-order valence-corrected chi connectivity index (χ2v) is 5.88. The molecular formula is C14H25NO4. The number of hydrogen-bond acceptors (Lipinski definition) is 4. The molecule has 0 aromatic carbocycles. The summed E-state index contributed by atoms with van der Waals surface area (Å²) in [5.74, 6) is -1.19. The SMILES string of the molecule is [2H]C1(C[C@H](NC(=O)OC(C)(C)C)C(=O)OC)CCCC1. The fourth-order valence-electron chi connectivity index (χ4n) is 2.15. The van der Waals surface area contributed by atoms with Crippen LogP contribution in [0.15, 0.2) is 0 Å². The summed E-state index contributed by atoms with van der Waals surface area (Å²) in [4.78, 5) is 23.5. The van der Waals surface area contributed by atoms with E-state index in [9.17, 15) is 9.59 Å². The normalized spacial score (nSPS) is 20.3. The number of nitrogens with one attached hydrogen (secondary N) is 1. The fraction of sp³-hybridized carbons (Fsp3) is 0.857. The van der Waals surface area contributed by atoms with Crippen molar-refractivity contribution in [2.24, 2.45) is 5.89 Å². The van der Waals surface area contributed by atoms with E-state index in [2.05, 4.69) is 5.32 Å². The van der Waals surface area contributed by atoms with Crippen molar-refractivity contribution >= 4 is 12.1 Å². The maximum absolute atomic E-state index is 11.8. The zero-order valence-corrected chi connectivity index (χ0v) is 12.2. The van der Waals surface area contributed by atoms with Crippen molar-refractivity contribution in [1.82, 2.24) is 5.32 Å². The summed E-state index contributed by atoms with van der Waals surface area (Å²) in [5.41, 5.74) is -0.628. The standard InChI is InChI=1S/C14H25NO4/c1-14(2,3)19-13(17)15-11(12(16)18-4)9-10-7-5-6-8-10/h10-11H,5-9H2,1-4H3,(H,15,17)/t11-/m0/s1/i10D. The molecule has 1 saturated carbocycles. The predicted octanol–water partition coefficient (Wildman–Crippen LogP) is 2.63. The van der Waals surface area contributed by atoms with E-state index >= 15 is 0 Å². The molecule has 5 heteroatoms. The summed E-state index contributed by atoms with van der Waals surface area (Å²) in [5, 5.41) is 2.52. The van der Waals surface area contributed by atoms with Gasteiger partial charge in [-0.2, -0.15) is 0 Å². The molecule has 1 amide bonds. The van der Waals surface area contributed by atoms with Crippen LogP contribution >= 0.6 is 0 Å². The summed E-state index contributed by atoms with van der Waals surface area (Å²) in [6, 6.07) is -0.828. The summed E-state index contributed by atoms with van der Waals surface area (Å²) < 4.78 is 18.2. The van der Waals surface area contributed by atoms with Crippen LogP contribution in [0.5, 0.6) is 0 Å². The van der Waals surface area contributed by atoms with E-state index in [0.29, 0.717) is 0 Å². The Morgan fingerprint density at radius 3 is 2.42 bits per heavy atom. The van der Waals surface area contributed by atoms with Gasteiger partial charge in [0.05, 0.1) is 7.11 Å². The van der Waals surface area contributed by atoms with Gasteiger partial charge in [0.2, 0.25) is 0 Å². The fourth-order valence-corrected chi connectivity index (χ4v) is 2.15. The molecule has 0 unspecified atom stereocenters. The topological polar surface area (TPSA) is 64.6 Å². The van der Waals surface area contributed by atoms with E-state index in [0.717, 1.165) is 25.7 Å². The van der Waals surface area contributed by atoms with E-state index in [-0.39, 0.29) is 6.42 Å². The van der Waals surface area contributed by atoms with Gasteiger partial charge in [0.15, 0.2) is 0 Å². The van der Waals surface area contributed by atoms with E-state index in [1.807, 2.05) is 0 Å². The lowest BCUT2D eigenvalue weighted by molar-refractivity contribution is -0.143. The predicted molar refractivity (Wildman–Crippen MR) is 71.7 cm³/mol. The van der Waals surface area contributed by atoms with E-state index in [4.69, 9.17) is 10.8 Å². The second kappa shape index (κ2) is 6.78. The van der Waals surface area contributed by atoms with Crippen LogP contribution in [0.4, 0.5) is 4.79 Å². The lowest BCUT2D eigenvalue weighted by Gasteiger charge is -2.23. The van der Waals surface area contributed by atoms with Crippen molar-refractivity contribution in [1.29, 1.82) is 0 Å². The lowest BCUT2D eigenvalue weighted by atomic mass is 9.98. The number of alkyl carbamates (subject to hydrolysis) is 1. The number of amides is 1. The molecule has 0 saturated heterocycles. The Morgan fingerprint density at radius 1 is 1.37 bits per heavy atom. The number of esters is 1. The van der Waals surface area contributed by atoms with Gasteiger partial charge in [-0.1, -0.05) is 25.7 Å². The summed E-state index contributed by atoms with van der Waals surface area (Å²) in [7, 11) is 1.28. The van der Waals surface area contributed by atoms with Crippen molar-refractivity contribution in [3.8, 4) is 0 Å². The highest BCUT2D eigenvalue weighted by atomic mass is 16.6. The molecule has 110 valence electrons. The number of carbonyl (C=O) groups excluding carboxylic acids is 2. The first-order chi connectivity index (χ1) is 9.15. The Bertz CT molecular complexity index is 359. The first kappa shape index (κ1) is 14.2. The second-order valence-electron chi connectivity index (χ2n) is 5.88. The third-order valence-corrected chi connectivity index (χ3v) is 2.98. The Morgan fingerprint density at radius 2 is 1.95 bits per heavy atom. The van der Waals surface area contributed by atoms with Crippen molar-refractivity contribution in [2.45, 2.75) is 64.5 Å². The Hall–Kier alpha value is -1.26. The van der Waals surface area contributed by atoms with Gasteiger partial charge >= 0.3 is 12.1 Å². The largest absolute Gasteiger partial charge is 0.467 e. The Balaban J connectivity index is 2.65. The molecule has 0 spiro atoms. The molecule has 0 radical (unpaired) electrons. The van der Waals surface area contributed by atoms with Gasteiger partial charge in [-0.25, -0.2) is 9.59 Å². The average molecular weight is 272 g/mol. The van der Waals surface area contributed by atoms with Crippen molar-refractivity contribution in [2.75, 3.05) is 7.11 Å². The average Bonchev–Trinajstić information content (AvgIpc) is 2.71. The molecule has 0 aromatic heterocycles. The van der Waals surface area contributed by atoms with Crippen LogP contribution in [0.1, 0.15) is 54.2 Å². The smallest absolute Gasteiger partial charge is 0.408 e. The van der Waals surface area contributed by atoms with Crippen LogP contribution in [0.2, 0.25) is 0 Å². The van der Waals surface area contributed by atoms with Gasteiger partial charge in [0.1, 0.15) is 11.6 Å². The molecular weight excluding hydrogens is 246 g/mol. The molecule has 1 atom stereocenters. The third-order valence-electron chi connectivity index (χ3n) is 2.98. The van der Waals surface area contributed by atoms with Crippen LogP contribution in [0.25, 0.3) is 0 Å². The zero-order valence-electron chi connectivity index (χ0n) is 13.2. The van der Waals surface area contributed by atoms with Crippen LogP contribution in [-0.2, 0) is 14.3 Å². The van der Waals surface area contributed by atoms with Gasteiger partial charge < -0.3 is 14.8 Å². The molecule has 1 fully saturated rings. The molecule has 19 heavy (non-hydrogen) atoms. The molecule has 0 aromatic rings. The number of methoxy groups -OCH3 is 1. The van der Waals surface area contributed by atoms with Crippen LogP contribution in [0.3, 0.4) is 0 Å². The van der Waals surface area contributed by atoms with Gasteiger partial charge in [-0.3, -0.25) is 0 Å². The maximum atomic E-state index is 11.8. The summed E-state index contributed by atoms with van der Waals surface area (Å²) >= 11 is 0. The molecule has 0 bridgehead atoms. The maximum Gasteiger partial charge on any atom is 0.408 e. The number of hydrogen-bond donors (Lipinski definition) is 1. The highest BCUT2D eigenvalue weighted by molar-refractivity contribution is 5.81. The number of rotatable bonds is 4. The quantitative estimate of drug-likeness (QED) is 0.799. The minimum Gasteiger partial charge on any atom is -0.467 e. The number of carbonyl (C=O) groups is 2. The Kier molecular flexibility index (Phi) is 5.05. The van der Waals surface area contributed by atoms with Crippen molar-refractivity contribution < 1.29 is 20.4 Å². The minimum atomic E-state index is -0.828. The van der Waals surface area contributed by atoms with Crippen LogP contribution < -0.4 is 5.32 Å². The minimum absolute atomic E-state index is 0.263. The third kappa shape index (κ3) is 5.94. The van der Waals surface area contributed by atoms with Crippen molar-refractivity contribution in [3.63, 3.8) is 0 Å². The van der Waals surface area contributed by atoms with E-state index < -0.39 is 29.6 Å². The highest BCUT2D eigenvalue weighted by Crippen LogP contribution is 2.28. The molecule has 1 N–H and O–H groups in total. The zero-order chi connectivity index (χ0) is 15.4.